The molecule has 1 atom stereocenters. The van der Waals surface area contributed by atoms with Gasteiger partial charge in [0.25, 0.3) is 0 Å². The SMILES string of the molecule is NNC(CSc1ccc(Br)cc1)C1=COCCC1. The molecule has 0 spiro atoms. The Hall–Kier alpha value is -0.490. The zero-order valence-electron chi connectivity index (χ0n) is 10.1. The van der Waals surface area contributed by atoms with E-state index in [9.17, 15) is 0 Å². The number of ether oxygens (including phenoxy) is 1. The van der Waals surface area contributed by atoms with E-state index in [2.05, 4.69) is 45.6 Å². The fraction of sp³-hybridized carbons (Fsp3) is 0.385. The number of nitrogens with two attached hydrogens (primary N) is 1. The predicted molar refractivity (Wildman–Crippen MR) is 79.2 cm³/mol. The van der Waals surface area contributed by atoms with Crippen LogP contribution in [0.4, 0.5) is 0 Å². The average molecular weight is 329 g/mol. The van der Waals surface area contributed by atoms with Gasteiger partial charge >= 0.3 is 0 Å². The standard InChI is InChI=1S/C13H17BrN2OS/c14-11-3-5-12(6-4-11)18-9-13(16-15)10-2-1-7-17-8-10/h3-6,8,13,16H,1-2,7,9,15H2. The molecule has 0 amide bonds. The van der Waals surface area contributed by atoms with Crippen molar-refractivity contribution in [1.82, 2.24) is 5.43 Å². The van der Waals surface area contributed by atoms with Gasteiger partial charge in [-0.2, -0.15) is 0 Å². The van der Waals surface area contributed by atoms with E-state index in [0.717, 1.165) is 29.7 Å². The summed E-state index contributed by atoms with van der Waals surface area (Å²) in [7, 11) is 0. The summed E-state index contributed by atoms with van der Waals surface area (Å²) in [6.45, 7) is 0.820. The lowest BCUT2D eigenvalue weighted by molar-refractivity contribution is 0.220. The minimum atomic E-state index is 0.180. The molecule has 0 aliphatic carbocycles. The molecule has 0 saturated carbocycles. The lowest BCUT2D eigenvalue weighted by Gasteiger charge is -2.22. The van der Waals surface area contributed by atoms with Crippen LogP contribution in [-0.2, 0) is 4.74 Å². The van der Waals surface area contributed by atoms with E-state index in [0.29, 0.717) is 0 Å². The van der Waals surface area contributed by atoms with Crippen molar-refractivity contribution in [3.05, 3.63) is 40.6 Å². The smallest absolute Gasteiger partial charge is 0.0876 e. The minimum Gasteiger partial charge on any atom is -0.501 e. The molecular weight excluding hydrogens is 312 g/mol. The number of halogens is 1. The Morgan fingerprint density at radius 3 is 2.78 bits per heavy atom. The van der Waals surface area contributed by atoms with Crippen molar-refractivity contribution in [2.75, 3.05) is 12.4 Å². The molecule has 3 N–H and O–H groups in total. The van der Waals surface area contributed by atoms with Crippen LogP contribution in [-0.4, -0.2) is 18.4 Å². The van der Waals surface area contributed by atoms with E-state index in [1.54, 1.807) is 11.8 Å². The van der Waals surface area contributed by atoms with Gasteiger partial charge in [0, 0.05) is 15.1 Å². The number of hydrogen-bond donors (Lipinski definition) is 2. The molecule has 3 nitrogen and oxygen atoms in total. The van der Waals surface area contributed by atoms with Crippen LogP contribution in [0, 0.1) is 0 Å². The normalized spacial score (nSPS) is 16.9. The fourth-order valence-electron chi connectivity index (χ4n) is 1.81. The van der Waals surface area contributed by atoms with Crippen LogP contribution in [0.15, 0.2) is 45.5 Å². The van der Waals surface area contributed by atoms with E-state index < -0.39 is 0 Å². The zero-order chi connectivity index (χ0) is 12.8. The summed E-state index contributed by atoms with van der Waals surface area (Å²) in [5.41, 5.74) is 4.13. The highest BCUT2D eigenvalue weighted by Crippen LogP contribution is 2.24. The van der Waals surface area contributed by atoms with Gasteiger partial charge in [-0.15, -0.1) is 11.8 Å². The first-order chi connectivity index (χ1) is 8.79. The van der Waals surface area contributed by atoms with E-state index >= 15 is 0 Å². The molecule has 2 rings (SSSR count). The van der Waals surface area contributed by atoms with E-state index in [-0.39, 0.29) is 6.04 Å². The van der Waals surface area contributed by atoms with Gasteiger partial charge in [-0.1, -0.05) is 15.9 Å². The molecule has 1 aliphatic heterocycles. The second kappa shape index (κ2) is 7.19. The maximum absolute atomic E-state index is 5.62. The molecule has 0 bridgehead atoms. The van der Waals surface area contributed by atoms with Gasteiger partial charge in [-0.25, -0.2) is 0 Å². The number of hydrazine groups is 1. The van der Waals surface area contributed by atoms with E-state index in [1.807, 2.05) is 6.26 Å². The van der Waals surface area contributed by atoms with Gasteiger partial charge < -0.3 is 4.74 Å². The molecule has 1 aliphatic rings. The Morgan fingerprint density at radius 2 is 2.17 bits per heavy atom. The molecule has 1 aromatic rings. The maximum Gasteiger partial charge on any atom is 0.0876 e. The lowest BCUT2D eigenvalue weighted by atomic mass is 10.0. The van der Waals surface area contributed by atoms with Crippen molar-refractivity contribution in [3.63, 3.8) is 0 Å². The molecule has 5 heteroatoms. The topological polar surface area (TPSA) is 47.3 Å². The highest BCUT2D eigenvalue weighted by atomic mass is 79.9. The number of nitrogens with one attached hydrogen (secondary N) is 1. The highest BCUT2D eigenvalue weighted by molar-refractivity contribution is 9.10. The van der Waals surface area contributed by atoms with Gasteiger partial charge in [0.1, 0.15) is 0 Å². The number of benzene rings is 1. The molecule has 0 saturated heterocycles. The van der Waals surface area contributed by atoms with Gasteiger partial charge in [-0.3, -0.25) is 11.3 Å². The molecule has 1 heterocycles. The third-order valence-electron chi connectivity index (χ3n) is 2.84. The van der Waals surface area contributed by atoms with Crippen molar-refractivity contribution in [1.29, 1.82) is 0 Å². The van der Waals surface area contributed by atoms with Crippen molar-refractivity contribution in [2.24, 2.45) is 5.84 Å². The van der Waals surface area contributed by atoms with Crippen LogP contribution in [0.3, 0.4) is 0 Å². The number of rotatable bonds is 5. The second-order valence-corrected chi connectivity index (χ2v) is 6.16. The van der Waals surface area contributed by atoms with Crippen molar-refractivity contribution in [3.8, 4) is 0 Å². The molecule has 0 aromatic heterocycles. The van der Waals surface area contributed by atoms with Crippen LogP contribution in [0.1, 0.15) is 12.8 Å². The lowest BCUT2D eigenvalue weighted by Crippen LogP contribution is -2.39. The monoisotopic (exact) mass is 328 g/mol. The first kappa shape index (κ1) is 13.9. The summed E-state index contributed by atoms with van der Waals surface area (Å²) in [4.78, 5) is 1.25. The van der Waals surface area contributed by atoms with E-state index in [1.165, 1.54) is 10.5 Å². The predicted octanol–water partition coefficient (Wildman–Crippen LogP) is 3.07. The van der Waals surface area contributed by atoms with Crippen molar-refractivity contribution >= 4 is 27.7 Å². The Labute approximate surface area is 120 Å². The van der Waals surface area contributed by atoms with Crippen LogP contribution >= 0.6 is 27.7 Å². The van der Waals surface area contributed by atoms with Crippen molar-refractivity contribution in [2.45, 2.75) is 23.8 Å². The average Bonchev–Trinajstić information content (AvgIpc) is 2.43. The zero-order valence-corrected chi connectivity index (χ0v) is 12.5. The van der Waals surface area contributed by atoms with Crippen LogP contribution in [0.5, 0.6) is 0 Å². The van der Waals surface area contributed by atoms with Crippen LogP contribution in [0.2, 0.25) is 0 Å². The Bertz CT molecular complexity index is 408. The van der Waals surface area contributed by atoms with Gasteiger partial charge in [0.2, 0.25) is 0 Å². The summed E-state index contributed by atoms with van der Waals surface area (Å²) in [5, 5.41) is 0. The molecule has 98 valence electrons. The Kier molecular flexibility index (Phi) is 5.56. The van der Waals surface area contributed by atoms with Gasteiger partial charge in [0.05, 0.1) is 18.9 Å². The summed E-state index contributed by atoms with van der Waals surface area (Å²) in [6, 6.07) is 8.49. The van der Waals surface area contributed by atoms with Gasteiger partial charge in [0.15, 0.2) is 0 Å². The van der Waals surface area contributed by atoms with E-state index in [4.69, 9.17) is 10.6 Å². The first-order valence-corrected chi connectivity index (χ1v) is 7.72. The molecule has 18 heavy (non-hydrogen) atoms. The quantitative estimate of drug-likeness (QED) is 0.495. The maximum atomic E-state index is 5.62. The first-order valence-electron chi connectivity index (χ1n) is 5.94. The largest absolute Gasteiger partial charge is 0.501 e. The number of thioether (sulfide) groups is 1. The minimum absolute atomic E-state index is 0.180. The third kappa shape index (κ3) is 4.02. The third-order valence-corrected chi connectivity index (χ3v) is 4.48. The summed E-state index contributed by atoms with van der Waals surface area (Å²) in [5.74, 6) is 6.53. The molecule has 1 aromatic carbocycles. The second-order valence-electron chi connectivity index (χ2n) is 4.15. The summed E-state index contributed by atoms with van der Waals surface area (Å²) >= 11 is 5.23. The highest BCUT2D eigenvalue weighted by Gasteiger charge is 2.16. The molecule has 0 fully saturated rings. The van der Waals surface area contributed by atoms with Crippen molar-refractivity contribution < 1.29 is 4.74 Å². The van der Waals surface area contributed by atoms with Gasteiger partial charge in [-0.05, 0) is 42.7 Å². The number of hydrogen-bond acceptors (Lipinski definition) is 4. The van der Waals surface area contributed by atoms with Crippen LogP contribution in [0.25, 0.3) is 0 Å². The van der Waals surface area contributed by atoms with Crippen LogP contribution < -0.4 is 11.3 Å². The molecular formula is C13H17BrN2OS. The summed E-state index contributed by atoms with van der Waals surface area (Å²) < 4.78 is 6.46. The fourth-order valence-corrected chi connectivity index (χ4v) is 3.08. The summed E-state index contributed by atoms with van der Waals surface area (Å²) in [6.07, 6.45) is 4.00. The Morgan fingerprint density at radius 1 is 1.39 bits per heavy atom. The molecule has 1 unspecified atom stereocenters. The Balaban J connectivity index is 1.90. The molecule has 0 radical (unpaired) electrons.